The van der Waals surface area contributed by atoms with Gasteiger partial charge in [-0.15, -0.1) is 0 Å². The number of nitrogens with two attached hydrogens (primary N) is 2. The van der Waals surface area contributed by atoms with Crippen LogP contribution in [0.5, 0.6) is 0 Å². The second-order valence-corrected chi connectivity index (χ2v) is 16.0. The van der Waals surface area contributed by atoms with Crippen molar-refractivity contribution in [2.45, 2.75) is 146 Å². The largest absolute Gasteiger partial charge is 0.480 e. The average molecular weight is 833 g/mol. The van der Waals surface area contributed by atoms with E-state index in [0.717, 1.165) is 35.7 Å². The summed E-state index contributed by atoms with van der Waals surface area (Å²) in [5.41, 5.74) is 10.6. The van der Waals surface area contributed by atoms with Crippen LogP contribution >= 0.6 is 15.9 Å². The third kappa shape index (κ3) is 16.1. The highest BCUT2D eigenvalue weighted by Crippen LogP contribution is 2.29. The number of amides is 5. The van der Waals surface area contributed by atoms with Crippen molar-refractivity contribution in [1.29, 1.82) is 0 Å². The minimum Gasteiger partial charge on any atom is -0.480 e. The van der Waals surface area contributed by atoms with Crippen molar-refractivity contribution in [2.24, 2.45) is 17.4 Å². The molecule has 1 aromatic rings. The molecule has 1 aromatic carbocycles. The third-order valence-corrected chi connectivity index (χ3v) is 11.0. The molecule has 1 saturated carbocycles. The van der Waals surface area contributed by atoms with E-state index in [1.807, 2.05) is 36.4 Å². The molecule has 5 amide bonds. The predicted molar refractivity (Wildman–Crippen MR) is 214 cm³/mol. The van der Waals surface area contributed by atoms with Gasteiger partial charge < -0.3 is 43.2 Å². The minimum absolute atomic E-state index is 0.0718. The summed E-state index contributed by atoms with van der Waals surface area (Å²) in [6, 6.07) is 3.06. The highest BCUT2D eigenvalue weighted by atomic mass is 79.9. The number of nitrogens with one attached hydrogen (secondary N) is 5. The molecule has 1 heterocycles. The van der Waals surface area contributed by atoms with E-state index in [1.54, 1.807) is 6.92 Å². The molecule has 3 rings (SSSR count). The second kappa shape index (κ2) is 24.0. The van der Waals surface area contributed by atoms with Gasteiger partial charge in [0.1, 0.15) is 29.7 Å². The third-order valence-electron chi connectivity index (χ3n) is 10.5. The Morgan fingerprint density at radius 1 is 0.855 bits per heavy atom. The first kappa shape index (κ1) is 45.6. The monoisotopic (exact) mass is 831 g/mol. The number of carbonyl (C=O) groups is 6. The van der Waals surface area contributed by atoms with E-state index in [2.05, 4.69) is 42.5 Å². The Balaban J connectivity index is 1.92. The molecular formula is C40H62BrN7O7. The number of halogens is 1. The fraction of sp³-hybridized carbons (Fsp3) is 0.650. The number of carbonyl (C=O) groups excluding carboxylic acids is 5. The maximum absolute atomic E-state index is 14.4. The van der Waals surface area contributed by atoms with E-state index < -0.39 is 59.3 Å². The van der Waals surface area contributed by atoms with Crippen LogP contribution in [0.15, 0.2) is 40.9 Å². The van der Waals surface area contributed by atoms with Crippen molar-refractivity contribution < 1.29 is 33.9 Å². The number of rotatable bonds is 17. The Labute approximate surface area is 333 Å². The van der Waals surface area contributed by atoms with Gasteiger partial charge in [-0.3, -0.25) is 24.0 Å². The molecule has 5 atom stereocenters. The lowest BCUT2D eigenvalue weighted by atomic mass is 9.91. The van der Waals surface area contributed by atoms with Crippen LogP contribution in [-0.2, 0) is 35.2 Å². The first-order valence-corrected chi connectivity index (χ1v) is 20.7. The van der Waals surface area contributed by atoms with Crippen LogP contribution in [0.25, 0.3) is 0 Å². The summed E-state index contributed by atoms with van der Waals surface area (Å²) >= 11 is 3.42. The lowest BCUT2D eigenvalue weighted by Gasteiger charge is -2.34. The van der Waals surface area contributed by atoms with Crippen LogP contribution < -0.4 is 38.1 Å². The Morgan fingerprint density at radius 3 is 2.09 bits per heavy atom. The van der Waals surface area contributed by atoms with Crippen LogP contribution in [-0.4, -0.2) is 83.4 Å². The molecule has 1 fully saturated rings. The number of hydrogen-bond donors (Lipinski definition) is 8. The molecule has 2 aliphatic rings. The van der Waals surface area contributed by atoms with Crippen LogP contribution in [0.3, 0.4) is 0 Å². The molecule has 306 valence electrons. The fourth-order valence-electron chi connectivity index (χ4n) is 7.13. The van der Waals surface area contributed by atoms with Gasteiger partial charge in [0.25, 0.3) is 0 Å². The zero-order valence-corrected chi connectivity index (χ0v) is 33.8. The highest BCUT2D eigenvalue weighted by Gasteiger charge is 2.39. The second-order valence-electron chi connectivity index (χ2n) is 15.1. The lowest BCUT2D eigenvalue weighted by Crippen LogP contribution is -2.64. The average Bonchev–Trinajstić information content (AvgIpc) is 3.66. The van der Waals surface area contributed by atoms with Crippen molar-refractivity contribution in [3.63, 3.8) is 0 Å². The lowest BCUT2D eigenvalue weighted by molar-refractivity contribution is -0.143. The zero-order chi connectivity index (χ0) is 40.2. The van der Waals surface area contributed by atoms with Crippen molar-refractivity contribution in [1.82, 2.24) is 26.6 Å². The molecule has 14 nitrogen and oxygen atoms in total. The molecule has 10 N–H and O–H groups in total. The van der Waals surface area contributed by atoms with E-state index >= 15 is 0 Å². The first-order chi connectivity index (χ1) is 26.3. The number of hydrogen-bond acceptors (Lipinski definition) is 8. The van der Waals surface area contributed by atoms with Crippen molar-refractivity contribution in [3.05, 3.63) is 46.5 Å². The summed E-state index contributed by atoms with van der Waals surface area (Å²) in [4.78, 5) is 81.2. The van der Waals surface area contributed by atoms with Gasteiger partial charge in [0.15, 0.2) is 0 Å². The number of unbranched alkanes of at least 4 members (excludes halogenated alkanes) is 2. The number of aliphatic carboxylic acids is 1. The Bertz CT molecular complexity index is 1450. The van der Waals surface area contributed by atoms with Crippen molar-refractivity contribution >= 4 is 51.4 Å². The molecule has 0 aromatic heterocycles. The molecule has 0 spiro atoms. The molecule has 1 unspecified atom stereocenters. The van der Waals surface area contributed by atoms with Crippen molar-refractivity contribution in [2.75, 3.05) is 13.1 Å². The molecule has 0 saturated heterocycles. The first-order valence-electron chi connectivity index (χ1n) is 19.9. The van der Waals surface area contributed by atoms with Gasteiger partial charge in [0, 0.05) is 17.3 Å². The fourth-order valence-corrected chi connectivity index (χ4v) is 7.40. The molecule has 0 radical (unpaired) electrons. The SMILES string of the molecule is CC1(C(=O)N[C@@H](Cc2ccc(Br)cc2)C(=O)N[C@@H](CC2CCCC2)C(=O)O)CCC/C=C\CCC(=O)N[C@@H](CCCCN)C(=O)N[C@@H](CCCCN)C(=O)N1. The van der Waals surface area contributed by atoms with Crippen molar-refractivity contribution in [3.8, 4) is 0 Å². The van der Waals surface area contributed by atoms with Gasteiger partial charge in [-0.05, 0) is 114 Å². The Hall–Kier alpha value is -3.82. The summed E-state index contributed by atoms with van der Waals surface area (Å²) < 4.78 is 0.830. The molecule has 55 heavy (non-hydrogen) atoms. The molecular weight excluding hydrogens is 770 g/mol. The quantitative estimate of drug-likeness (QED) is 0.0849. The predicted octanol–water partition coefficient (Wildman–Crippen LogP) is 3.25. The molecule has 1 aliphatic heterocycles. The van der Waals surface area contributed by atoms with Gasteiger partial charge in [0.2, 0.25) is 29.5 Å². The number of allylic oxidation sites excluding steroid dienone is 2. The number of benzene rings is 1. The Kier molecular flexibility index (Phi) is 19.8. The summed E-state index contributed by atoms with van der Waals surface area (Å²) in [7, 11) is 0. The van der Waals surface area contributed by atoms with Crippen LogP contribution in [0.2, 0.25) is 0 Å². The molecule has 1 aliphatic carbocycles. The normalized spacial score (nSPS) is 23.5. The van der Waals surface area contributed by atoms with E-state index in [0.29, 0.717) is 70.9 Å². The summed E-state index contributed by atoms with van der Waals surface area (Å²) in [5.74, 6) is -3.57. The van der Waals surface area contributed by atoms with Gasteiger partial charge >= 0.3 is 5.97 Å². The maximum Gasteiger partial charge on any atom is 0.326 e. The summed E-state index contributed by atoms with van der Waals surface area (Å²) in [6.45, 7) is 2.42. The van der Waals surface area contributed by atoms with Gasteiger partial charge in [-0.1, -0.05) is 65.9 Å². The maximum atomic E-state index is 14.4. The minimum atomic E-state index is -1.53. The highest BCUT2D eigenvalue weighted by molar-refractivity contribution is 9.10. The van der Waals surface area contributed by atoms with Crippen LogP contribution in [0, 0.1) is 5.92 Å². The van der Waals surface area contributed by atoms with Crippen LogP contribution in [0.1, 0.15) is 115 Å². The number of carboxylic acids is 1. The van der Waals surface area contributed by atoms with Gasteiger partial charge in [0.05, 0.1) is 0 Å². The Morgan fingerprint density at radius 2 is 1.47 bits per heavy atom. The van der Waals surface area contributed by atoms with E-state index in [4.69, 9.17) is 11.5 Å². The van der Waals surface area contributed by atoms with Crippen LogP contribution in [0.4, 0.5) is 0 Å². The molecule has 15 heteroatoms. The smallest absolute Gasteiger partial charge is 0.326 e. The van der Waals surface area contributed by atoms with E-state index in [-0.39, 0.29) is 37.5 Å². The topological polar surface area (TPSA) is 235 Å². The summed E-state index contributed by atoms with van der Waals surface area (Å²) in [5, 5.41) is 24.2. The molecule has 0 bridgehead atoms. The summed E-state index contributed by atoms with van der Waals surface area (Å²) in [6.07, 6.45) is 12.9. The van der Waals surface area contributed by atoms with E-state index in [1.165, 1.54) is 0 Å². The van der Waals surface area contributed by atoms with Gasteiger partial charge in [-0.2, -0.15) is 0 Å². The zero-order valence-electron chi connectivity index (χ0n) is 32.2. The van der Waals surface area contributed by atoms with E-state index in [9.17, 15) is 33.9 Å². The standard InChI is InChI=1S/C40H62BrN7O7/c1-40(39(55)47-32(25-28-18-20-29(41)21-19-28)36(51)46-33(38(53)54)26-27-13-6-7-14-27)22-10-4-2-3-5-17-34(49)44-30(15-8-11-23-42)35(50)45-31(37(52)48-40)16-9-12-24-43/h2-3,18-21,27,30-33H,4-17,22-26,42-43H2,1H3,(H,44,49)(H,45,50)(H,46,51)(H,47,55)(H,48,52)(H,53,54)/b3-2-/t30-,31-,32-,33-,40?/m0/s1. The number of carboxylic acid groups (broad SMARTS) is 1. The van der Waals surface area contributed by atoms with Gasteiger partial charge in [-0.25, -0.2) is 4.79 Å².